The highest BCUT2D eigenvalue weighted by Gasteiger charge is 2.13. The second kappa shape index (κ2) is 6.00. The Balaban J connectivity index is 2.17. The van der Waals surface area contributed by atoms with E-state index in [1.165, 1.54) is 0 Å². The molecule has 0 unspecified atom stereocenters. The molecule has 0 N–H and O–H groups in total. The summed E-state index contributed by atoms with van der Waals surface area (Å²) in [7, 11) is 0. The predicted octanol–water partition coefficient (Wildman–Crippen LogP) is 3.09. The van der Waals surface area contributed by atoms with E-state index in [1.54, 1.807) is 42.6 Å². The van der Waals surface area contributed by atoms with Gasteiger partial charge in [0.2, 0.25) is 0 Å². The summed E-state index contributed by atoms with van der Waals surface area (Å²) in [6.07, 6.45) is 1.56. The number of para-hydroxylation sites is 2. The first kappa shape index (κ1) is 13.1. The number of rotatable bonds is 4. The van der Waals surface area contributed by atoms with Crippen LogP contribution in [-0.4, -0.2) is 17.1 Å². The molecule has 0 spiro atoms. The Bertz CT molecular complexity index is 552. The van der Waals surface area contributed by atoms with E-state index in [0.29, 0.717) is 11.5 Å². The van der Waals surface area contributed by atoms with Gasteiger partial charge in [0.1, 0.15) is 5.69 Å². The Kier molecular flexibility index (Phi) is 4.13. The van der Waals surface area contributed by atoms with Gasteiger partial charge in [0.15, 0.2) is 11.5 Å². The van der Waals surface area contributed by atoms with Gasteiger partial charge in [-0.1, -0.05) is 18.2 Å². The first-order valence-corrected chi connectivity index (χ1v) is 6.05. The molecule has 0 bridgehead atoms. The lowest BCUT2D eigenvalue weighted by atomic mass is 10.3. The molecule has 0 radical (unpaired) electrons. The van der Waals surface area contributed by atoms with Gasteiger partial charge in [-0.15, -0.1) is 0 Å². The van der Waals surface area contributed by atoms with E-state index in [-0.39, 0.29) is 11.8 Å². The molecule has 1 aromatic carbocycles. The van der Waals surface area contributed by atoms with Crippen LogP contribution in [-0.2, 0) is 0 Å². The molecule has 0 aliphatic carbocycles. The van der Waals surface area contributed by atoms with Gasteiger partial charge in [-0.2, -0.15) is 0 Å². The second-order valence-corrected chi connectivity index (χ2v) is 4.22. The molecular formula is C15H15NO3. The molecule has 0 saturated carbocycles. The molecule has 0 aliphatic heterocycles. The van der Waals surface area contributed by atoms with Crippen molar-refractivity contribution in [3.8, 4) is 11.5 Å². The number of pyridine rings is 1. The largest absolute Gasteiger partial charge is 0.487 e. The van der Waals surface area contributed by atoms with Crippen LogP contribution >= 0.6 is 0 Å². The van der Waals surface area contributed by atoms with Crippen LogP contribution in [0.2, 0.25) is 0 Å². The summed E-state index contributed by atoms with van der Waals surface area (Å²) in [6, 6.07) is 12.2. The lowest BCUT2D eigenvalue weighted by molar-refractivity contribution is 0.0719. The third kappa shape index (κ3) is 3.55. The van der Waals surface area contributed by atoms with Crippen LogP contribution in [0.5, 0.6) is 11.5 Å². The van der Waals surface area contributed by atoms with Crippen LogP contribution in [0.4, 0.5) is 0 Å². The number of aromatic nitrogens is 1. The van der Waals surface area contributed by atoms with Crippen LogP contribution in [0.25, 0.3) is 0 Å². The Labute approximate surface area is 112 Å². The van der Waals surface area contributed by atoms with Crippen molar-refractivity contribution in [1.82, 2.24) is 4.98 Å². The van der Waals surface area contributed by atoms with Gasteiger partial charge in [-0.3, -0.25) is 0 Å². The number of carbonyl (C=O) groups excluding carboxylic acids is 1. The Morgan fingerprint density at radius 3 is 2.37 bits per heavy atom. The normalized spacial score (nSPS) is 10.3. The van der Waals surface area contributed by atoms with Gasteiger partial charge in [0, 0.05) is 6.20 Å². The van der Waals surface area contributed by atoms with Crippen molar-refractivity contribution in [3.63, 3.8) is 0 Å². The number of esters is 1. The SMILES string of the molecule is CC(C)Oc1ccccc1OC(=O)c1ccccn1. The van der Waals surface area contributed by atoms with E-state index in [9.17, 15) is 4.79 Å². The predicted molar refractivity (Wildman–Crippen MR) is 71.4 cm³/mol. The third-order valence-corrected chi connectivity index (χ3v) is 2.29. The maximum Gasteiger partial charge on any atom is 0.362 e. The molecular weight excluding hydrogens is 242 g/mol. The molecule has 1 aromatic heterocycles. The van der Waals surface area contributed by atoms with Crippen molar-refractivity contribution in [2.75, 3.05) is 0 Å². The summed E-state index contributed by atoms with van der Waals surface area (Å²) in [5.74, 6) is 0.439. The summed E-state index contributed by atoms with van der Waals surface area (Å²) in [5.41, 5.74) is 0.266. The van der Waals surface area contributed by atoms with Crippen molar-refractivity contribution >= 4 is 5.97 Å². The summed E-state index contributed by atoms with van der Waals surface area (Å²) >= 11 is 0. The summed E-state index contributed by atoms with van der Waals surface area (Å²) in [6.45, 7) is 3.83. The first-order valence-electron chi connectivity index (χ1n) is 6.05. The number of ether oxygens (including phenoxy) is 2. The maximum atomic E-state index is 11.9. The molecule has 0 fully saturated rings. The van der Waals surface area contributed by atoms with Crippen LogP contribution < -0.4 is 9.47 Å². The Hall–Kier alpha value is -2.36. The molecule has 0 amide bonds. The highest BCUT2D eigenvalue weighted by molar-refractivity contribution is 5.89. The summed E-state index contributed by atoms with van der Waals surface area (Å²) < 4.78 is 10.9. The van der Waals surface area contributed by atoms with Gasteiger partial charge in [0.25, 0.3) is 0 Å². The quantitative estimate of drug-likeness (QED) is 0.623. The van der Waals surface area contributed by atoms with Crippen molar-refractivity contribution in [2.45, 2.75) is 20.0 Å². The molecule has 98 valence electrons. The van der Waals surface area contributed by atoms with Crippen molar-refractivity contribution in [3.05, 3.63) is 54.4 Å². The average Bonchev–Trinajstić information content (AvgIpc) is 2.41. The fourth-order valence-corrected chi connectivity index (χ4v) is 1.52. The van der Waals surface area contributed by atoms with Crippen molar-refractivity contribution < 1.29 is 14.3 Å². The van der Waals surface area contributed by atoms with Crippen molar-refractivity contribution in [1.29, 1.82) is 0 Å². The molecule has 4 heteroatoms. The smallest absolute Gasteiger partial charge is 0.362 e. The van der Waals surface area contributed by atoms with Crippen LogP contribution in [0.3, 0.4) is 0 Å². The number of benzene rings is 1. The van der Waals surface area contributed by atoms with Gasteiger partial charge in [0.05, 0.1) is 6.10 Å². The lowest BCUT2D eigenvalue weighted by Gasteiger charge is -2.13. The topological polar surface area (TPSA) is 48.4 Å². The fraction of sp³-hybridized carbons (Fsp3) is 0.200. The lowest BCUT2D eigenvalue weighted by Crippen LogP contribution is -2.12. The van der Waals surface area contributed by atoms with E-state index in [0.717, 1.165) is 0 Å². The Morgan fingerprint density at radius 1 is 1.05 bits per heavy atom. The van der Waals surface area contributed by atoms with E-state index in [1.807, 2.05) is 19.9 Å². The molecule has 4 nitrogen and oxygen atoms in total. The van der Waals surface area contributed by atoms with Gasteiger partial charge in [-0.05, 0) is 38.1 Å². The van der Waals surface area contributed by atoms with Gasteiger partial charge in [-0.25, -0.2) is 9.78 Å². The summed E-state index contributed by atoms with van der Waals surface area (Å²) in [5, 5.41) is 0. The highest BCUT2D eigenvalue weighted by atomic mass is 16.6. The molecule has 0 saturated heterocycles. The first-order chi connectivity index (χ1) is 9.16. The van der Waals surface area contributed by atoms with Crippen LogP contribution in [0, 0.1) is 0 Å². The summed E-state index contributed by atoms with van der Waals surface area (Å²) in [4.78, 5) is 15.9. The molecule has 0 aliphatic rings. The minimum absolute atomic E-state index is 0.00898. The third-order valence-electron chi connectivity index (χ3n) is 2.29. The number of hydrogen-bond donors (Lipinski definition) is 0. The number of hydrogen-bond acceptors (Lipinski definition) is 4. The van der Waals surface area contributed by atoms with E-state index >= 15 is 0 Å². The number of carbonyl (C=O) groups is 1. The zero-order valence-electron chi connectivity index (χ0n) is 10.9. The zero-order chi connectivity index (χ0) is 13.7. The van der Waals surface area contributed by atoms with Crippen LogP contribution in [0.15, 0.2) is 48.7 Å². The fourth-order valence-electron chi connectivity index (χ4n) is 1.52. The standard InChI is InChI=1S/C15H15NO3/c1-11(2)18-13-8-3-4-9-14(13)19-15(17)12-7-5-6-10-16-12/h3-11H,1-2H3. The zero-order valence-corrected chi connectivity index (χ0v) is 10.9. The van der Waals surface area contributed by atoms with Gasteiger partial charge < -0.3 is 9.47 Å². The molecule has 0 atom stereocenters. The maximum absolute atomic E-state index is 11.9. The molecule has 2 rings (SSSR count). The van der Waals surface area contributed by atoms with E-state index in [4.69, 9.17) is 9.47 Å². The average molecular weight is 257 g/mol. The number of nitrogens with zero attached hydrogens (tertiary/aromatic N) is 1. The van der Waals surface area contributed by atoms with Crippen LogP contribution in [0.1, 0.15) is 24.3 Å². The molecule has 19 heavy (non-hydrogen) atoms. The molecule has 2 aromatic rings. The highest BCUT2D eigenvalue weighted by Crippen LogP contribution is 2.27. The Morgan fingerprint density at radius 2 is 1.74 bits per heavy atom. The minimum Gasteiger partial charge on any atom is -0.487 e. The van der Waals surface area contributed by atoms with E-state index in [2.05, 4.69) is 4.98 Å². The second-order valence-electron chi connectivity index (χ2n) is 4.22. The monoisotopic (exact) mass is 257 g/mol. The minimum atomic E-state index is -0.500. The molecule has 1 heterocycles. The van der Waals surface area contributed by atoms with Gasteiger partial charge >= 0.3 is 5.97 Å². The van der Waals surface area contributed by atoms with Crippen molar-refractivity contribution in [2.24, 2.45) is 0 Å². The van der Waals surface area contributed by atoms with E-state index < -0.39 is 5.97 Å².